The van der Waals surface area contributed by atoms with Crippen molar-refractivity contribution in [3.05, 3.63) is 47.5 Å². The number of methoxy groups -OCH3 is 1. The number of carbonyl (C=O) groups is 3. The van der Waals surface area contributed by atoms with Gasteiger partial charge in [-0.15, -0.1) is 11.8 Å². The van der Waals surface area contributed by atoms with E-state index in [0.717, 1.165) is 11.1 Å². The van der Waals surface area contributed by atoms with Gasteiger partial charge in [-0.05, 0) is 18.1 Å². The largest absolute Gasteiger partial charge is 0.479 e. The van der Waals surface area contributed by atoms with Crippen LogP contribution in [0.3, 0.4) is 0 Å². The summed E-state index contributed by atoms with van der Waals surface area (Å²) in [5.41, 5.74) is 0.811. The number of nitrogens with one attached hydrogen (secondary N) is 1. The number of carboxylic acids is 1. The Bertz CT molecular complexity index is 778. The lowest BCUT2D eigenvalue weighted by Crippen LogP contribution is -2.83. The van der Waals surface area contributed by atoms with Gasteiger partial charge in [0.1, 0.15) is 5.37 Å². The molecule has 2 fully saturated rings. The maximum atomic E-state index is 12.7. The second-order valence-electron chi connectivity index (χ2n) is 6.43. The van der Waals surface area contributed by atoms with Crippen molar-refractivity contribution in [1.29, 1.82) is 0 Å². The topological polar surface area (TPSA) is 95.9 Å². The summed E-state index contributed by atoms with van der Waals surface area (Å²) < 4.78 is 5.38. The van der Waals surface area contributed by atoms with Gasteiger partial charge in [-0.2, -0.15) is 0 Å². The van der Waals surface area contributed by atoms with Gasteiger partial charge in [0.05, 0.1) is 6.42 Å². The van der Waals surface area contributed by atoms with Gasteiger partial charge < -0.3 is 20.1 Å². The van der Waals surface area contributed by atoms with Crippen molar-refractivity contribution in [1.82, 2.24) is 10.2 Å². The van der Waals surface area contributed by atoms with Gasteiger partial charge in [-0.3, -0.25) is 9.59 Å². The van der Waals surface area contributed by atoms with Crippen molar-refractivity contribution >= 4 is 29.5 Å². The van der Waals surface area contributed by atoms with Gasteiger partial charge in [-0.25, -0.2) is 4.79 Å². The molecule has 7 nitrogen and oxygen atoms in total. The predicted octanol–water partition coefficient (Wildman–Crippen LogP) is 0.921. The molecule has 0 radical (unpaired) electrons. The fourth-order valence-electron chi connectivity index (χ4n) is 3.24. The third-order valence-corrected chi connectivity index (χ3v) is 6.02. The van der Waals surface area contributed by atoms with Crippen molar-refractivity contribution in [2.24, 2.45) is 0 Å². The Labute approximate surface area is 155 Å². The lowest BCUT2D eigenvalue weighted by molar-refractivity contribution is -0.201. The van der Waals surface area contributed by atoms with E-state index in [1.165, 1.54) is 23.8 Å². The lowest BCUT2D eigenvalue weighted by atomic mass is 9.94. The average molecular weight is 376 g/mol. The van der Waals surface area contributed by atoms with Crippen LogP contribution in [0.5, 0.6) is 0 Å². The van der Waals surface area contributed by atoms with Crippen molar-refractivity contribution in [2.75, 3.05) is 12.9 Å². The first-order valence-electron chi connectivity index (χ1n) is 8.06. The summed E-state index contributed by atoms with van der Waals surface area (Å²) in [5.74, 6) is -1.68. The van der Waals surface area contributed by atoms with E-state index in [9.17, 15) is 19.5 Å². The molecule has 2 aliphatic rings. The van der Waals surface area contributed by atoms with E-state index >= 15 is 0 Å². The number of aliphatic carboxylic acids is 1. The summed E-state index contributed by atoms with van der Waals surface area (Å²) in [6, 6.07) is 6.42. The Balaban J connectivity index is 1.76. The van der Waals surface area contributed by atoms with E-state index in [0.29, 0.717) is 11.3 Å². The Kier molecular flexibility index (Phi) is 4.81. The molecule has 3 rings (SSSR count). The number of thioether (sulfide) groups is 1. The molecule has 0 aromatic heterocycles. The minimum absolute atomic E-state index is 0.102. The molecule has 1 aromatic carbocycles. The average Bonchev–Trinajstić information content (AvgIpc) is 2.60. The summed E-state index contributed by atoms with van der Waals surface area (Å²) in [6.07, 6.45) is 0.102. The number of hydrogen-bond acceptors (Lipinski definition) is 5. The number of β-lactam (4-membered cyclic amide) rings is 1. The molecule has 0 aliphatic carbocycles. The predicted molar refractivity (Wildman–Crippen MR) is 96.4 cm³/mol. The molecule has 2 saturated heterocycles. The maximum Gasteiger partial charge on any atom is 0.330 e. The van der Waals surface area contributed by atoms with E-state index in [1.54, 1.807) is 0 Å². The van der Waals surface area contributed by atoms with Crippen LogP contribution >= 0.6 is 11.8 Å². The van der Waals surface area contributed by atoms with Crippen LogP contribution in [0.25, 0.3) is 0 Å². The van der Waals surface area contributed by atoms with E-state index in [-0.39, 0.29) is 12.3 Å². The summed E-state index contributed by atoms with van der Waals surface area (Å²) in [7, 11) is 1.33. The highest BCUT2D eigenvalue weighted by Gasteiger charge is 2.67. The Morgan fingerprint density at radius 1 is 1.42 bits per heavy atom. The first kappa shape index (κ1) is 18.5. The highest BCUT2D eigenvalue weighted by atomic mass is 32.2. The van der Waals surface area contributed by atoms with E-state index in [2.05, 4.69) is 11.9 Å². The Morgan fingerprint density at radius 3 is 2.65 bits per heavy atom. The molecule has 3 atom stereocenters. The lowest BCUT2D eigenvalue weighted by Gasteiger charge is -2.58. The Hall–Kier alpha value is -2.32. The quantitative estimate of drug-likeness (QED) is 0.451. The zero-order valence-corrected chi connectivity index (χ0v) is 15.3. The second kappa shape index (κ2) is 6.77. The van der Waals surface area contributed by atoms with Crippen molar-refractivity contribution in [3.63, 3.8) is 0 Å². The number of benzene rings is 1. The number of carbonyl (C=O) groups excluding carboxylic acids is 2. The third kappa shape index (κ3) is 2.89. The monoisotopic (exact) mass is 376 g/mol. The molecule has 26 heavy (non-hydrogen) atoms. The fraction of sp³-hybridized carbons (Fsp3) is 0.389. The molecule has 0 saturated carbocycles. The number of nitrogens with zero attached hydrogens (tertiary/aromatic N) is 1. The van der Waals surface area contributed by atoms with Gasteiger partial charge in [0.2, 0.25) is 5.91 Å². The molecule has 2 N–H and O–H groups in total. The smallest absolute Gasteiger partial charge is 0.330 e. The minimum Gasteiger partial charge on any atom is -0.479 e. The molecular weight excluding hydrogens is 356 g/mol. The number of ether oxygens (including phenoxy) is 1. The van der Waals surface area contributed by atoms with Gasteiger partial charge in [-0.1, -0.05) is 36.4 Å². The zero-order chi connectivity index (χ0) is 19.1. The van der Waals surface area contributed by atoms with E-state index < -0.39 is 29.0 Å². The number of hydrogen-bond donors (Lipinski definition) is 2. The van der Waals surface area contributed by atoms with Crippen LogP contribution < -0.4 is 5.32 Å². The fourth-order valence-corrected chi connectivity index (χ4v) is 4.63. The highest BCUT2D eigenvalue weighted by molar-refractivity contribution is 8.00. The molecule has 138 valence electrons. The highest BCUT2D eigenvalue weighted by Crippen LogP contribution is 2.46. The summed E-state index contributed by atoms with van der Waals surface area (Å²) in [4.78, 5) is 37.9. The summed E-state index contributed by atoms with van der Waals surface area (Å²) in [6.45, 7) is 5.70. The summed E-state index contributed by atoms with van der Waals surface area (Å²) >= 11 is 1.33. The first-order valence-corrected chi connectivity index (χ1v) is 9.11. The number of aryl methyl sites for hydroxylation is 1. The van der Waals surface area contributed by atoms with Crippen LogP contribution in [0.4, 0.5) is 0 Å². The maximum absolute atomic E-state index is 12.7. The van der Waals surface area contributed by atoms with E-state index in [4.69, 9.17) is 4.74 Å². The number of rotatable bonds is 5. The minimum atomic E-state index is -1.54. The number of amides is 2. The molecule has 1 aromatic rings. The number of carboxylic acid groups (broad SMARTS) is 1. The van der Waals surface area contributed by atoms with Gasteiger partial charge in [0, 0.05) is 12.9 Å². The van der Waals surface area contributed by atoms with Crippen LogP contribution in [0.15, 0.2) is 36.4 Å². The van der Waals surface area contributed by atoms with Crippen LogP contribution in [0.2, 0.25) is 0 Å². The second-order valence-corrected chi connectivity index (χ2v) is 7.49. The molecule has 2 unspecified atom stereocenters. The van der Waals surface area contributed by atoms with Crippen molar-refractivity contribution < 1.29 is 24.2 Å². The normalized spacial score (nSPS) is 27.5. The van der Waals surface area contributed by atoms with Crippen LogP contribution in [0.1, 0.15) is 11.1 Å². The molecule has 2 aliphatic heterocycles. The zero-order valence-electron chi connectivity index (χ0n) is 14.5. The van der Waals surface area contributed by atoms with Crippen molar-refractivity contribution in [3.8, 4) is 0 Å². The van der Waals surface area contributed by atoms with Crippen LogP contribution in [-0.2, 0) is 25.5 Å². The number of fused-ring (bicyclic) bond motifs is 1. The third-order valence-electron chi connectivity index (χ3n) is 4.61. The van der Waals surface area contributed by atoms with Crippen LogP contribution in [0, 0.1) is 6.92 Å². The first-order chi connectivity index (χ1) is 12.3. The van der Waals surface area contributed by atoms with Gasteiger partial charge >= 0.3 is 5.97 Å². The standard InChI is InChI=1S/C18H20N2O5S/c1-10-4-6-12(7-5-10)8-13(21)19-18(25-3)16(24)20-14(15(22)23)11(2)9-26-17(18)20/h4-7,14,17H,2,8-9H2,1,3H3,(H,19,21)(H,22,23)/t14?,17-,18?/m0/s1. The van der Waals surface area contributed by atoms with E-state index in [1.807, 2.05) is 31.2 Å². The van der Waals surface area contributed by atoms with Gasteiger partial charge in [0.15, 0.2) is 6.04 Å². The molecule has 2 amide bonds. The summed E-state index contributed by atoms with van der Waals surface area (Å²) in [5, 5.41) is 11.5. The van der Waals surface area contributed by atoms with Crippen LogP contribution in [-0.4, -0.2) is 57.8 Å². The molecular formula is C18H20N2O5S. The van der Waals surface area contributed by atoms with Crippen molar-refractivity contribution in [2.45, 2.75) is 30.5 Å². The molecule has 0 bridgehead atoms. The SMILES string of the molecule is C=C1CS[C@@H]2N(C(=O)C2(NC(=O)Cc2ccc(C)cc2)OC)C1C(=O)O. The molecule has 2 heterocycles. The van der Waals surface area contributed by atoms with Gasteiger partial charge in [0.25, 0.3) is 11.6 Å². The molecule has 8 heteroatoms. The Morgan fingerprint density at radius 2 is 2.08 bits per heavy atom. The molecule has 0 spiro atoms.